The quantitative estimate of drug-likeness (QED) is 0.792. The molecule has 0 amide bonds. The number of halogens is 1. The van der Waals surface area contributed by atoms with Crippen molar-refractivity contribution in [2.24, 2.45) is 0 Å². The first-order chi connectivity index (χ1) is 11.1. The Bertz CT molecular complexity index is 727. The zero-order valence-corrected chi connectivity index (χ0v) is 14.4. The van der Waals surface area contributed by atoms with Gasteiger partial charge in [-0.2, -0.15) is 0 Å². The molecular weight excluding hydrogens is 305 g/mol. The third-order valence-corrected chi connectivity index (χ3v) is 6.64. The second kappa shape index (κ2) is 5.95. The van der Waals surface area contributed by atoms with Crippen LogP contribution in [0, 0.1) is 5.82 Å². The van der Waals surface area contributed by atoms with Gasteiger partial charge >= 0.3 is 0 Å². The SMILES string of the molecule is CN(C)C[C@H]1C[C@@H]2c3ccccc3Cc3ccc(F)cc3[C@H]2S1. The molecule has 2 aliphatic rings. The lowest BCUT2D eigenvalue weighted by Crippen LogP contribution is -2.22. The second-order valence-corrected chi connectivity index (χ2v) is 8.45. The number of thioether (sulfide) groups is 1. The Balaban J connectivity index is 1.80. The summed E-state index contributed by atoms with van der Waals surface area (Å²) in [6.45, 7) is 1.09. The van der Waals surface area contributed by atoms with E-state index in [-0.39, 0.29) is 5.82 Å². The van der Waals surface area contributed by atoms with E-state index in [4.69, 9.17) is 0 Å². The summed E-state index contributed by atoms with van der Waals surface area (Å²) < 4.78 is 13.9. The van der Waals surface area contributed by atoms with Crippen LogP contribution in [-0.2, 0) is 6.42 Å². The molecule has 1 aliphatic carbocycles. The minimum Gasteiger partial charge on any atom is -0.308 e. The largest absolute Gasteiger partial charge is 0.308 e. The van der Waals surface area contributed by atoms with Gasteiger partial charge in [-0.15, -0.1) is 11.8 Å². The summed E-state index contributed by atoms with van der Waals surface area (Å²) >= 11 is 2.04. The van der Waals surface area contributed by atoms with Crippen LogP contribution >= 0.6 is 11.8 Å². The lowest BCUT2D eigenvalue weighted by Gasteiger charge is -2.19. The van der Waals surface area contributed by atoms with Gasteiger partial charge in [0.25, 0.3) is 0 Å². The van der Waals surface area contributed by atoms with Crippen LogP contribution in [0.25, 0.3) is 0 Å². The van der Waals surface area contributed by atoms with E-state index >= 15 is 0 Å². The Hall–Kier alpha value is -1.32. The van der Waals surface area contributed by atoms with Gasteiger partial charge in [-0.3, -0.25) is 0 Å². The van der Waals surface area contributed by atoms with E-state index in [1.54, 1.807) is 12.1 Å². The van der Waals surface area contributed by atoms with Gasteiger partial charge < -0.3 is 4.90 Å². The van der Waals surface area contributed by atoms with Crippen molar-refractivity contribution in [3.63, 3.8) is 0 Å². The number of hydrogen-bond donors (Lipinski definition) is 0. The molecule has 3 heteroatoms. The van der Waals surface area contributed by atoms with Gasteiger partial charge in [-0.1, -0.05) is 30.3 Å². The van der Waals surface area contributed by atoms with Crippen LogP contribution in [0.2, 0.25) is 0 Å². The predicted molar refractivity (Wildman–Crippen MR) is 95.7 cm³/mol. The van der Waals surface area contributed by atoms with E-state index in [9.17, 15) is 4.39 Å². The van der Waals surface area contributed by atoms with Crippen LogP contribution in [0.1, 0.15) is 39.8 Å². The molecule has 0 unspecified atom stereocenters. The summed E-state index contributed by atoms with van der Waals surface area (Å²) in [5, 5.41) is 0.997. The number of fused-ring (bicyclic) bond motifs is 5. The van der Waals surface area contributed by atoms with Gasteiger partial charge in [0.15, 0.2) is 0 Å². The van der Waals surface area contributed by atoms with Gasteiger partial charge in [-0.25, -0.2) is 4.39 Å². The van der Waals surface area contributed by atoms with Crippen LogP contribution in [0.5, 0.6) is 0 Å². The van der Waals surface area contributed by atoms with Crippen molar-refractivity contribution in [3.05, 3.63) is 70.5 Å². The lowest BCUT2D eigenvalue weighted by molar-refractivity contribution is 0.398. The molecule has 23 heavy (non-hydrogen) atoms. The average molecular weight is 327 g/mol. The van der Waals surface area contributed by atoms with Crippen molar-refractivity contribution < 1.29 is 4.39 Å². The molecule has 0 spiro atoms. The van der Waals surface area contributed by atoms with E-state index in [2.05, 4.69) is 43.3 Å². The summed E-state index contributed by atoms with van der Waals surface area (Å²) in [7, 11) is 4.27. The standard InChI is InChI=1S/C20H22FNS/c1-22(2)12-16-11-19-17-6-4-3-5-13(17)9-14-7-8-15(21)10-18(14)20(19)23-16/h3-8,10,16,19-20H,9,11-12H2,1-2H3/t16-,19-,20-/m1/s1. The van der Waals surface area contributed by atoms with Gasteiger partial charge in [0.2, 0.25) is 0 Å². The van der Waals surface area contributed by atoms with Crippen LogP contribution < -0.4 is 0 Å². The number of nitrogens with zero attached hydrogens (tertiary/aromatic N) is 1. The first kappa shape index (κ1) is 15.2. The topological polar surface area (TPSA) is 3.24 Å². The predicted octanol–water partition coefficient (Wildman–Crippen LogP) is 4.62. The van der Waals surface area contributed by atoms with Gasteiger partial charge in [-0.05, 0) is 61.3 Å². The molecular formula is C20H22FNS. The van der Waals surface area contributed by atoms with Crippen LogP contribution in [0.3, 0.4) is 0 Å². The summed E-state index contributed by atoms with van der Waals surface area (Å²) in [6, 6.07) is 14.2. The Morgan fingerprint density at radius 3 is 2.70 bits per heavy atom. The smallest absolute Gasteiger partial charge is 0.123 e. The third kappa shape index (κ3) is 2.81. The second-order valence-electron chi connectivity index (χ2n) is 7.00. The summed E-state index contributed by atoms with van der Waals surface area (Å²) in [4.78, 5) is 2.27. The maximum atomic E-state index is 13.9. The van der Waals surface area contributed by atoms with Crippen molar-refractivity contribution in [2.45, 2.75) is 29.3 Å². The Kier molecular flexibility index (Phi) is 3.94. The minimum atomic E-state index is -0.106. The molecule has 1 saturated heterocycles. The van der Waals surface area contributed by atoms with E-state index in [0.29, 0.717) is 16.4 Å². The van der Waals surface area contributed by atoms with Gasteiger partial charge in [0, 0.05) is 23.0 Å². The Morgan fingerprint density at radius 1 is 1.09 bits per heavy atom. The van der Waals surface area contributed by atoms with Crippen molar-refractivity contribution in [1.82, 2.24) is 4.90 Å². The van der Waals surface area contributed by atoms with E-state index < -0.39 is 0 Å². The highest BCUT2D eigenvalue weighted by atomic mass is 32.2. The lowest BCUT2D eigenvalue weighted by atomic mass is 9.87. The van der Waals surface area contributed by atoms with Gasteiger partial charge in [0.05, 0.1) is 0 Å². The van der Waals surface area contributed by atoms with E-state index in [0.717, 1.165) is 13.0 Å². The molecule has 0 radical (unpaired) electrons. The van der Waals surface area contributed by atoms with Crippen molar-refractivity contribution in [1.29, 1.82) is 0 Å². The molecule has 1 fully saturated rings. The molecule has 0 N–H and O–H groups in total. The molecule has 2 aromatic rings. The molecule has 0 aromatic heterocycles. The first-order valence-electron chi connectivity index (χ1n) is 8.28. The highest BCUT2D eigenvalue weighted by Crippen LogP contribution is 2.56. The monoisotopic (exact) mass is 327 g/mol. The molecule has 4 rings (SSSR count). The number of benzene rings is 2. The summed E-state index contributed by atoms with van der Waals surface area (Å²) in [5.41, 5.74) is 5.41. The highest BCUT2D eigenvalue weighted by Gasteiger charge is 2.40. The first-order valence-corrected chi connectivity index (χ1v) is 9.22. The zero-order chi connectivity index (χ0) is 16.0. The zero-order valence-electron chi connectivity index (χ0n) is 13.6. The Morgan fingerprint density at radius 2 is 1.87 bits per heavy atom. The number of hydrogen-bond acceptors (Lipinski definition) is 2. The molecule has 1 heterocycles. The van der Waals surface area contributed by atoms with Crippen molar-refractivity contribution in [3.8, 4) is 0 Å². The van der Waals surface area contributed by atoms with Crippen molar-refractivity contribution in [2.75, 3.05) is 20.6 Å². The fraction of sp³-hybridized carbons (Fsp3) is 0.400. The van der Waals surface area contributed by atoms with Gasteiger partial charge in [0.1, 0.15) is 5.82 Å². The maximum Gasteiger partial charge on any atom is 0.123 e. The van der Waals surface area contributed by atoms with E-state index in [1.807, 2.05) is 17.8 Å². The van der Waals surface area contributed by atoms with Crippen molar-refractivity contribution >= 4 is 11.8 Å². The fourth-order valence-electron chi connectivity index (χ4n) is 4.12. The normalized spacial score (nSPS) is 25.7. The minimum absolute atomic E-state index is 0.106. The van der Waals surface area contributed by atoms with E-state index in [1.165, 1.54) is 28.7 Å². The highest BCUT2D eigenvalue weighted by molar-refractivity contribution is 8.00. The third-order valence-electron chi connectivity index (χ3n) is 5.04. The van der Waals surface area contributed by atoms with Crippen LogP contribution in [-0.4, -0.2) is 30.8 Å². The fourth-order valence-corrected chi connectivity index (χ4v) is 6.05. The molecule has 2 aromatic carbocycles. The maximum absolute atomic E-state index is 13.9. The molecule has 3 atom stereocenters. The molecule has 0 saturated carbocycles. The molecule has 120 valence electrons. The summed E-state index contributed by atoms with van der Waals surface area (Å²) in [6.07, 6.45) is 2.11. The number of rotatable bonds is 2. The van der Waals surface area contributed by atoms with Crippen LogP contribution in [0.15, 0.2) is 42.5 Å². The van der Waals surface area contributed by atoms with Crippen LogP contribution in [0.4, 0.5) is 4.39 Å². The molecule has 1 nitrogen and oxygen atoms in total. The molecule has 1 aliphatic heterocycles. The molecule has 0 bridgehead atoms. The Labute approximate surface area is 141 Å². The summed E-state index contributed by atoms with van der Waals surface area (Å²) in [5.74, 6) is 0.398. The average Bonchev–Trinajstić information content (AvgIpc) is 2.87.